The van der Waals surface area contributed by atoms with Gasteiger partial charge in [0.05, 0.1) is 6.54 Å². The molecule has 0 saturated carbocycles. The van der Waals surface area contributed by atoms with E-state index in [0.717, 1.165) is 19.4 Å². The third-order valence-electron chi connectivity index (χ3n) is 4.50. The molecule has 20 heavy (non-hydrogen) atoms. The van der Waals surface area contributed by atoms with Crippen molar-refractivity contribution in [3.63, 3.8) is 0 Å². The SMILES string of the molecule is CN1[C@@H]2CC[C@@H]1CC(OC(=O)CNCc1cccs1)C2. The molecular formula is C15H22N2O2S. The van der Waals surface area contributed by atoms with Crippen LogP contribution in [0, 0.1) is 0 Å². The van der Waals surface area contributed by atoms with Gasteiger partial charge in [0.25, 0.3) is 0 Å². The van der Waals surface area contributed by atoms with Gasteiger partial charge in [-0.05, 0) is 44.2 Å². The molecule has 1 N–H and O–H groups in total. The Morgan fingerprint density at radius 3 is 2.85 bits per heavy atom. The van der Waals surface area contributed by atoms with Crippen molar-refractivity contribution in [3.05, 3.63) is 22.4 Å². The van der Waals surface area contributed by atoms with Crippen molar-refractivity contribution in [3.8, 4) is 0 Å². The molecule has 2 aliphatic rings. The average Bonchev–Trinajstić information content (AvgIpc) is 2.98. The van der Waals surface area contributed by atoms with Crippen molar-refractivity contribution < 1.29 is 9.53 Å². The highest BCUT2D eigenvalue weighted by Crippen LogP contribution is 2.35. The fourth-order valence-corrected chi connectivity index (χ4v) is 4.06. The molecule has 4 nitrogen and oxygen atoms in total. The van der Waals surface area contributed by atoms with E-state index in [1.54, 1.807) is 11.3 Å². The Bertz CT molecular complexity index is 435. The number of thiophene rings is 1. The molecule has 1 aromatic heterocycles. The van der Waals surface area contributed by atoms with Gasteiger partial charge in [-0.15, -0.1) is 11.3 Å². The van der Waals surface area contributed by atoms with Crippen LogP contribution in [0.4, 0.5) is 0 Å². The number of ether oxygens (including phenoxy) is 1. The lowest BCUT2D eigenvalue weighted by Gasteiger charge is -2.35. The summed E-state index contributed by atoms with van der Waals surface area (Å²) in [4.78, 5) is 15.6. The number of carbonyl (C=O) groups is 1. The molecule has 0 aromatic carbocycles. The molecule has 2 bridgehead atoms. The fourth-order valence-electron chi connectivity index (χ4n) is 3.39. The van der Waals surface area contributed by atoms with E-state index >= 15 is 0 Å². The van der Waals surface area contributed by atoms with Crippen molar-refractivity contribution in [2.75, 3.05) is 13.6 Å². The zero-order valence-electron chi connectivity index (χ0n) is 11.9. The Labute approximate surface area is 124 Å². The summed E-state index contributed by atoms with van der Waals surface area (Å²) < 4.78 is 5.62. The van der Waals surface area contributed by atoms with Gasteiger partial charge in [0.15, 0.2) is 0 Å². The first kappa shape index (κ1) is 14.0. The summed E-state index contributed by atoms with van der Waals surface area (Å²) >= 11 is 1.70. The van der Waals surface area contributed by atoms with Crippen LogP contribution in [-0.4, -0.2) is 42.6 Å². The first-order chi connectivity index (χ1) is 9.72. The molecule has 0 spiro atoms. The van der Waals surface area contributed by atoms with Crippen molar-refractivity contribution in [2.24, 2.45) is 0 Å². The summed E-state index contributed by atoms with van der Waals surface area (Å²) in [5, 5.41) is 5.19. The predicted octanol–water partition coefficient (Wildman–Crippen LogP) is 2.01. The van der Waals surface area contributed by atoms with Crippen molar-refractivity contribution in [2.45, 2.75) is 50.4 Å². The highest BCUT2D eigenvalue weighted by Gasteiger charge is 2.39. The van der Waals surface area contributed by atoms with Gasteiger partial charge >= 0.3 is 5.97 Å². The molecule has 0 aliphatic carbocycles. The van der Waals surface area contributed by atoms with Crippen LogP contribution in [0.3, 0.4) is 0 Å². The zero-order chi connectivity index (χ0) is 13.9. The first-order valence-electron chi connectivity index (χ1n) is 7.37. The Morgan fingerprint density at radius 1 is 1.45 bits per heavy atom. The van der Waals surface area contributed by atoms with Crippen LogP contribution in [0.5, 0.6) is 0 Å². The second kappa shape index (κ2) is 6.24. The van der Waals surface area contributed by atoms with E-state index in [-0.39, 0.29) is 12.1 Å². The summed E-state index contributed by atoms with van der Waals surface area (Å²) in [6.45, 7) is 1.05. The van der Waals surface area contributed by atoms with E-state index in [0.29, 0.717) is 18.6 Å². The van der Waals surface area contributed by atoms with Gasteiger partial charge in [0, 0.05) is 23.5 Å². The van der Waals surface area contributed by atoms with Gasteiger partial charge in [-0.25, -0.2) is 0 Å². The van der Waals surface area contributed by atoms with Crippen LogP contribution >= 0.6 is 11.3 Å². The van der Waals surface area contributed by atoms with E-state index in [2.05, 4.69) is 23.3 Å². The third-order valence-corrected chi connectivity index (χ3v) is 5.38. The Morgan fingerprint density at radius 2 is 2.20 bits per heavy atom. The van der Waals surface area contributed by atoms with Crippen LogP contribution < -0.4 is 5.32 Å². The fraction of sp³-hybridized carbons (Fsp3) is 0.667. The number of nitrogens with one attached hydrogen (secondary N) is 1. The number of carbonyl (C=O) groups excluding carboxylic acids is 1. The minimum Gasteiger partial charge on any atom is -0.461 e. The van der Waals surface area contributed by atoms with Crippen LogP contribution in [0.25, 0.3) is 0 Å². The van der Waals surface area contributed by atoms with E-state index in [4.69, 9.17) is 4.74 Å². The van der Waals surface area contributed by atoms with Gasteiger partial charge < -0.3 is 15.0 Å². The normalized spacial score (nSPS) is 29.6. The first-order valence-corrected chi connectivity index (χ1v) is 8.25. The molecule has 0 amide bonds. The molecule has 3 rings (SSSR count). The Hall–Kier alpha value is -0.910. The zero-order valence-corrected chi connectivity index (χ0v) is 12.7. The van der Waals surface area contributed by atoms with Gasteiger partial charge in [0.1, 0.15) is 6.10 Å². The number of rotatable bonds is 5. The molecular weight excluding hydrogens is 272 g/mol. The summed E-state index contributed by atoms with van der Waals surface area (Å²) in [6.07, 6.45) is 4.64. The van der Waals surface area contributed by atoms with Crippen LogP contribution in [-0.2, 0) is 16.1 Å². The molecule has 1 aromatic rings. The maximum Gasteiger partial charge on any atom is 0.320 e. The number of fused-ring (bicyclic) bond motifs is 2. The number of hydrogen-bond acceptors (Lipinski definition) is 5. The third kappa shape index (κ3) is 3.22. The maximum absolute atomic E-state index is 11.9. The molecule has 0 unspecified atom stereocenters. The molecule has 2 atom stereocenters. The van der Waals surface area contributed by atoms with Gasteiger partial charge in [0.2, 0.25) is 0 Å². The quantitative estimate of drug-likeness (QED) is 0.844. The lowest BCUT2D eigenvalue weighted by atomic mass is 10.0. The Kier molecular flexibility index (Phi) is 4.38. The topological polar surface area (TPSA) is 41.6 Å². The second-order valence-corrected chi connectivity index (χ2v) is 6.85. The summed E-state index contributed by atoms with van der Waals surface area (Å²) in [5.41, 5.74) is 0. The van der Waals surface area contributed by atoms with Crippen molar-refractivity contribution in [1.82, 2.24) is 10.2 Å². The summed E-state index contributed by atoms with van der Waals surface area (Å²) in [6, 6.07) is 5.32. The average molecular weight is 294 g/mol. The van der Waals surface area contributed by atoms with Crippen LogP contribution in [0.2, 0.25) is 0 Å². The standard InChI is InChI=1S/C15H22N2O2S/c1-17-11-4-5-12(17)8-13(7-11)19-15(18)10-16-9-14-3-2-6-20-14/h2-3,6,11-13,16H,4-5,7-10H2,1H3/t11-,12-/m1/s1. The molecule has 0 radical (unpaired) electrons. The molecule has 2 fully saturated rings. The molecule has 5 heteroatoms. The van der Waals surface area contributed by atoms with Gasteiger partial charge in [-0.3, -0.25) is 4.79 Å². The highest BCUT2D eigenvalue weighted by molar-refractivity contribution is 7.09. The second-order valence-electron chi connectivity index (χ2n) is 5.82. The smallest absolute Gasteiger partial charge is 0.320 e. The van der Waals surface area contributed by atoms with Gasteiger partial charge in [-0.1, -0.05) is 6.07 Å². The monoisotopic (exact) mass is 294 g/mol. The van der Waals surface area contributed by atoms with Crippen molar-refractivity contribution in [1.29, 1.82) is 0 Å². The highest BCUT2D eigenvalue weighted by atomic mass is 32.1. The molecule has 2 saturated heterocycles. The Balaban J connectivity index is 1.39. The van der Waals surface area contributed by atoms with E-state index in [9.17, 15) is 4.79 Å². The number of piperidine rings is 1. The number of esters is 1. The lowest BCUT2D eigenvalue weighted by Crippen LogP contribution is -2.44. The molecule has 2 aliphatic heterocycles. The largest absolute Gasteiger partial charge is 0.461 e. The lowest BCUT2D eigenvalue weighted by molar-refractivity contribution is -0.151. The summed E-state index contributed by atoms with van der Waals surface area (Å²) in [7, 11) is 2.20. The van der Waals surface area contributed by atoms with Crippen LogP contribution in [0.1, 0.15) is 30.6 Å². The maximum atomic E-state index is 11.9. The molecule has 3 heterocycles. The van der Waals surface area contributed by atoms with E-state index in [1.807, 2.05) is 11.4 Å². The van der Waals surface area contributed by atoms with E-state index in [1.165, 1.54) is 17.7 Å². The van der Waals surface area contributed by atoms with Gasteiger partial charge in [-0.2, -0.15) is 0 Å². The van der Waals surface area contributed by atoms with Crippen molar-refractivity contribution >= 4 is 17.3 Å². The predicted molar refractivity (Wildman–Crippen MR) is 79.7 cm³/mol. The van der Waals surface area contributed by atoms with Crippen LogP contribution in [0.15, 0.2) is 17.5 Å². The van der Waals surface area contributed by atoms with E-state index < -0.39 is 0 Å². The summed E-state index contributed by atoms with van der Waals surface area (Å²) in [5.74, 6) is -0.115. The minimum absolute atomic E-state index is 0.115. The minimum atomic E-state index is -0.115. The number of nitrogens with zero attached hydrogens (tertiary/aromatic N) is 1. The number of hydrogen-bond donors (Lipinski definition) is 1. The molecule has 110 valence electrons.